The highest BCUT2D eigenvalue weighted by atomic mass is 16.5. The molecule has 1 aliphatic heterocycles. The third kappa shape index (κ3) is 3.39. The molecule has 6 heteroatoms. The van der Waals surface area contributed by atoms with E-state index in [4.69, 9.17) is 14.8 Å². The van der Waals surface area contributed by atoms with Crippen molar-refractivity contribution in [3.05, 3.63) is 24.2 Å². The van der Waals surface area contributed by atoms with Gasteiger partial charge in [0.05, 0.1) is 18.5 Å². The van der Waals surface area contributed by atoms with Crippen LogP contribution in [-0.2, 0) is 4.74 Å². The Bertz CT molecular complexity index is 673. The Kier molecular flexibility index (Phi) is 4.67. The smallest absolute Gasteiger partial charge is 0.155 e. The minimum atomic E-state index is 0.478. The second kappa shape index (κ2) is 7.07. The summed E-state index contributed by atoms with van der Waals surface area (Å²) in [6.07, 6.45) is 8.25. The molecule has 0 unspecified atom stereocenters. The van der Waals surface area contributed by atoms with Crippen molar-refractivity contribution in [3.8, 4) is 0 Å². The van der Waals surface area contributed by atoms with Crippen LogP contribution in [0.5, 0.6) is 0 Å². The summed E-state index contributed by atoms with van der Waals surface area (Å²) >= 11 is 0. The number of piperidine rings is 1. The van der Waals surface area contributed by atoms with Gasteiger partial charge in [-0.25, -0.2) is 9.50 Å². The monoisotopic (exact) mass is 329 g/mol. The van der Waals surface area contributed by atoms with E-state index in [9.17, 15) is 0 Å². The first-order valence-corrected chi connectivity index (χ1v) is 9.16. The van der Waals surface area contributed by atoms with Gasteiger partial charge in [-0.1, -0.05) is 0 Å². The summed E-state index contributed by atoms with van der Waals surface area (Å²) in [5.41, 5.74) is 2.10. The van der Waals surface area contributed by atoms with Crippen LogP contribution in [0.1, 0.15) is 43.8 Å². The molecule has 0 bridgehead atoms. The first kappa shape index (κ1) is 15.8. The van der Waals surface area contributed by atoms with Crippen LogP contribution in [-0.4, -0.2) is 58.9 Å². The van der Waals surface area contributed by atoms with Crippen molar-refractivity contribution in [1.29, 1.82) is 0 Å². The molecule has 24 heavy (non-hydrogen) atoms. The predicted octanol–water partition coefficient (Wildman–Crippen LogP) is 2.52. The summed E-state index contributed by atoms with van der Waals surface area (Å²) in [5, 5.41) is 8.34. The van der Waals surface area contributed by atoms with Crippen molar-refractivity contribution in [2.75, 3.05) is 38.7 Å². The lowest BCUT2D eigenvalue weighted by molar-refractivity contribution is 0.129. The number of rotatable bonds is 6. The molecular weight excluding hydrogens is 302 g/mol. The van der Waals surface area contributed by atoms with E-state index in [0.717, 1.165) is 56.2 Å². The van der Waals surface area contributed by atoms with Gasteiger partial charge in [0.25, 0.3) is 0 Å². The van der Waals surface area contributed by atoms with E-state index in [0.29, 0.717) is 12.0 Å². The lowest BCUT2D eigenvalue weighted by Gasteiger charge is -2.30. The molecule has 1 saturated heterocycles. The number of ether oxygens (including phenoxy) is 1. The Morgan fingerprint density at radius 1 is 1.21 bits per heavy atom. The van der Waals surface area contributed by atoms with Crippen molar-refractivity contribution >= 4 is 11.3 Å². The average Bonchev–Trinajstić information content (AvgIpc) is 3.00. The number of nitrogens with zero attached hydrogens (tertiary/aromatic N) is 4. The van der Waals surface area contributed by atoms with E-state index in [2.05, 4.69) is 28.5 Å². The van der Waals surface area contributed by atoms with Crippen molar-refractivity contribution in [1.82, 2.24) is 19.5 Å². The maximum atomic E-state index is 5.17. The molecule has 1 aliphatic carbocycles. The van der Waals surface area contributed by atoms with Crippen molar-refractivity contribution < 1.29 is 4.74 Å². The molecule has 3 heterocycles. The van der Waals surface area contributed by atoms with Crippen LogP contribution in [0.2, 0.25) is 0 Å². The van der Waals surface area contributed by atoms with E-state index < -0.39 is 0 Å². The average molecular weight is 329 g/mol. The van der Waals surface area contributed by atoms with Crippen LogP contribution in [0.25, 0.3) is 5.65 Å². The Morgan fingerprint density at radius 2 is 2.04 bits per heavy atom. The van der Waals surface area contributed by atoms with Gasteiger partial charge >= 0.3 is 0 Å². The van der Waals surface area contributed by atoms with Crippen LogP contribution in [0.4, 0.5) is 5.69 Å². The van der Waals surface area contributed by atoms with E-state index in [1.165, 1.54) is 19.3 Å². The van der Waals surface area contributed by atoms with Gasteiger partial charge in [0.1, 0.15) is 0 Å². The fraction of sp³-hybridized carbons (Fsp3) is 0.667. The standard InChI is InChI=1S/C18H27N5O/c1-24-12-11-22-9-7-14(8-10-22)18-20-17-6-5-16(13-23(17)21-18)19-15-3-2-4-15/h5-6,13-15,19H,2-4,7-12H2,1H3. The zero-order valence-corrected chi connectivity index (χ0v) is 14.4. The van der Waals surface area contributed by atoms with Gasteiger partial charge in [-0.15, -0.1) is 0 Å². The summed E-state index contributed by atoms with van der Waals surface area (Å²) < 4.78 is 7.11. The first-order valence-electron chi connectivity index (χ1n) is 9.16. The molecule has 0 amide bonds. The lowest BCUT2D eigenvalue weighted by atomic mass is 9.93. The maximum Gasteiger partial charge on any atom is 0.155 e. The molecule has 0 spiro atoms. The molecule has 2 aromatic heterocycles. The Morgan fingerprint density at radius 3 is 2.75 bits per heavy atom. The number of pyridine rings is 1. The molecule has 130 valence electrons. The SMILES string of the molecule is COCCN1CCC(c2nc3ccc(NC4CCC4)cn3n2)CC1. The highest BCUT2D eigenvalue weighted by Gasteiger charge is 2.24. The van der Waals surface area contributed by atoms with Crippen molar-refractivity contribution in [2.45, 2.75) is 44.1 Å². The number of anilines is 1. The molecular formula is C18H27N5O. The van der Waals surface area contributed by atoms with Crippen LogP contribution >= 0.6 is 0 Å². The number of methoxy groups -OCH3 is 1. The predicted molar refractivity (Wildman–Crippen MR) is 94.5 cm³/mol. The summed E-state index contributed by atoms with van der Waals surface area (Å²) in [4.78, 5) is 7.23. The van der Waals surface area contributed by atoms with Gasteiger partial charge in [0.15, 0.2) is 11.5 Å². The van der Waals surface area contributed by atoms with Crippen LogP contribution < -0.4 is 5.32 Å². The fourth-order valence-electron chi connectivity index (χ4n) is 3.58. The molecule has 4 rings (SSSR count). The number of nitrogens with one attached hydrogen (secondary N) is 1. The van der Waals surface area contributed by atoms with Gasteiger partial charge in [-0.05, 0) is 57.3 Å². The largest absolute Gasteiger partial charge is 0.383 e. The normalized spacial score (nSPS) is 20.4. The van der Waals surface area contributed by atoms with E-state index in [-0.39, 0.29) is 0 Å². The number of hydrogen-bond acceptors (Lipinski definition) is 5. The number of aromatic nitrogens is 3. The fourth-order valence-corrected chi connectivity index (χ4v) is 3.58. The molecule has 2 aliphatic rings. The molecule has 6 nitrogen and oxygen atoms in total. The second-order valence-electron chi connectivity index (χ2n) is 7.07. The zero-order valence-electron chi connectivity index (χ0n) is 14.4. The lowest BCUT2D eigenvalue weighted by Crippen LogP contribution is -2.35. The van der Waals surface area contributed by atoms with Crippen LogP contribution in [0, 0.1) is 0 Å². The highest BCUT2D eigenvalue weighted by molar-refractivity contribution is 5.50. The molecule has 1 saturated carbocycles. The molecule has 0 aromatic carbocycles. The molecule has 2 fully saturated rings. The third-order valence-corrected chi connectivity index (χ3v) is 5.39. The van der Waals surface area contributed by atoms with E-state index in [1.807, 2.05) is 4.52 Å². The summed E-state index contributed by atoms with van der Waals surface area (Å²) in [5.74, 6) is 1.48. The minimum Gasteiger partial charge on any atom is -0.383 e. The van der Waals surface area contributed by atoms with Gasteiger partial charge in [-0.3, -0.25) is 0 Å². The summed E-state index contributed by atoms with van der Waals surface area (Å²) in [6, 6.07) is 4.84. The van der Waals surface area contributed by atoms with E-state index in [1.54, 1.807) is 7.11 Å². The maximum absolute atomic E-state index is 5.17. The molecule has 2 aromatic rings. The van der Waals surface area contributed by atoms with Gasteiger partial charge < -0.3 is 15.0 Å². The van der Waals surface area contributed by atoms with Crippen molar-refractivity contribution in [3.63, 3.8) is 0 Å². The minimum absolute atomic E-state index is 0.478. The number of likely N-dealkylation sites (tertiary alicyclic amines) is 1. The molecule has 0 radical (unpaired) electrons. The second-order valence-corrected chi connectivity index (χ2v) is 7.07. The quantitative estimate of drug-likeness (QED) is 0.882. The van der Waals surface area contributed by atoms with Crippen LogP contribution in [0.3, 0.4) is 0 Å². The topological polar surface area (TPSA) is 54.7 Å². The Labute approximate surface area is 143 Å². The van der Waals surface area contributed by atoms with Gasteiger partial charge in [-0.2, -0.15) is 5.10 Å². The van der Waals surface area contributed by atoms with E-state index >= 15 is 0 Å². The number of fused-ring (bicyclic) bond motifs is 1. The Hall–Kier alpha value is -1.66. The van der Waals surface area contributed by atoms with Gasteiger partial charge in [0.2, 0.25) is 0 Å². The zero-order chi connectivity index (χ0) is 16.4. The summed E-state index contributed by atoms with van der Waals surface area (Å²) in [7, 11) is 1.77. The highest BCUT2D eigenvalue weighted by Crippen LogP contribution is 2.27. The molecule has 0 atom stereocenters. The molecule has 1 N–H and O–H groups in total. The third-order valence-electron chi connectivity index (χ3n) is 5.39. The van der Waals surface area contributed by atoms with Gasteiger partial charge in [0, 0.05) is 25.6 Å². The first-order chi connectivity index (χ1) is 11.8. The number of hydrogen-bond donors (Lipinski definition) is 1. The van der Waals surface area contributed by atoms with Crippen LogP contribution in [0.15, 0.2) is 18.3 Å². The summed E-state index contributed by atoms with van der Waals surface area (Å²) in [6.45, 7) is 4.06. The van der Waals surface area contributed by atoms with Crippen molar-refractivity contribution in [2.24, 2.45) is 0 Å². The Balaban J connectivity index is 1.41.